The average molecular weight is 2080 g/mol. The van der Waals surface area contributed by atoms with E-state index >= 15 is 0 Å². The van der Waals surface area contributed by atoms with Crippen LogP contribution in [0, 0.1) is 71.0 Å². The van der Waals surface area contributed by atoms with Gasteiger partial charge >= 0.3 is 12.1 Å². The molecule has 2 saturated heterocycles. The number of H-pyrrole nitrogens is 1. The second-order valence-electron chi connectivity index (χ2n) is 47.4. The Labute approximate surface area is 902 Å². The molecule has 6 rings (SSSR count). The van der Waals surface area contributed by atoms with Crippen LogP contribution in [0.4, 0.5) is 9.59 Å². The van der Waals surface area contributed by atoms with Crippen molar-refractivity contribution in [2.45, 2.75) is 510 Å². The minimum Gasteiger partial charge on any atom is -0.361 e. The number of fused-ring (bicyclic) bond motifs is 2. The minimum absolute atomic E-state index is 0.00463. The van der Waals surface area contributed by atoms with Crippen LogP contribution in [-0.2, 0) is 60.8 Å². The Balaban J connectivity index is -0.000000784. The molecule has 27 nitrogen and oxygen atoms in total. The highest BCUT2D eigenvalue weighted by Crippen LogP contribution is 2.32. The first-order valence-corrected chi connectivity index (χ1v) is 56.7. The summed E-state index contributed by atoms with van der Waals surface area (Å²) in [6.45, 7) is 96.0. The Kier molecular flexibility index (Phi) is 78.0. The molecule has 1 aromatic heterocycles. The van der Waals surface area contributed by atoms with Crippen molar-refractivity contribution in [2.24, 2.45) is 82.5 Å². The second kappa shape index (κ2) is 78.7. The number of aromatic amines is 1. The van der Waals surface area contributed by atoms with E-state index in [1.54, 1.807) is 0 Å². The van der Waals surface area contributed by atoms with Gasteiger partial charge in [0.2, 0.25) is 0 Å². The van der Waals surface area contributed by atoms with Crippen molar-refractivity contribution >= 4 is 86.4 Å². The number of hydrogen-bond acceptors (Lipinski definition) is 22. The van der Waals surface area contributed by atoms with E-state index in [1.807, 2.05) is 226 Å². The summed E-state index contributed by atoms with van der Waals surface area (Å²) < 4.78 is 0. The fraction of sp³-hybridized carbons (Fsp3) is 0.769. The predicted octanol–water partition coefficient (Wildman–Crippen LogP) is 20.8. The van der Waals surface area contributed by atoms with Gasteiger partial charge in [0.25, 0.3) is 0 Å². The summed E-state index contributed by atoms with van der Waals surface area (Å²) in [6.07, 6.45) is 14.2. The molecule has 2 aliphatic heterocycles. The van der Waals surface area contributed by atoms with Gasteiger partial charge in [-0.15, -0.1) is 0 Å². The number of carbonyl (C=O) groups excluding carboxylic acids is 12. The first-order valence-electron chi connectivity index (χ1n) is 56.7. The number of benzene rings is 2. The molecule has 3 aliphatic rings. The Bertz CT molecular complexity index is 4050. The average Bonchev–Trinajstić information content (AvgIpc) is 1.66. The Morgan fingerprint density at radius 1 is 0.331 bits per heavy atom. The lowest BCUT2D eigenvalue weighted by atomic mass is 9.92. The maximum atomic E-state index is 12.4. The summed E-state index contributed by atoms with van der Waals surface area (Å²) in [7, 11) is 0. The minimum atomic E-state index is -0.520. The SMILES string of the molecule is CC(C)C(=O)[C@@H]1CCCN1C(C)C.CC(C)C(=O)[C@H]1CCCN1C(C)C.CC(C)N[C@@H](C(=O)C(C)C)C(C)C.CC(C)N[C@@H](C)C(=O)C(C)C.CC(C)N[C@@H](CC1=CCc2ccccc21)C(=O)C(C)C.CC(C)N[C@@H](CCCNC(N)=O)C(=O)C(C)C.CC(C)N[C@@H](CCCNC(N)=O)C(=O)C(C)C.CC(C)N[C@@H](Cc1c[nH]c2ccccc12)C(=O)C(C)C.CC(C)N[C@H](C(=O)C(C)C)C(C)C.CC(C)N[C@H](C)C(=O)C(C)C. The third-order valence-electron chi connectivity index (χ3n) is 25.2. The number of aromatic nitrogens is 1. The zero-order valence-electron chi connectivity index (χ0n) is 102. The van der Waals surface area contributed by atoms with Crippen molar-refractivity contribution in [1.82, 2.24) is 68.0 Å². The monoisotopic (exact) mass is 2080 g/mol. The van der Waals surface area contributed by atoms with Crippen molar-refractivity contribution in [3.63, 3.8) is 0 Å². The normalized spacial score (nSPS) is 15.7. The number of rotatable bonds is 52. The largest absolute Gasteiger partial charge is 0.361 e. The molecule has 0 bridgehead atoms. The third-order valence-corrected chi connectivity index (χ3v) is 25.2. The summed E-state index contributed by atoms with van der Waals surface area (Å²) in [5.41, 5.74) is 16.3. The van der Waals surface area contributed by atoms with E-state index in [-0.39, 0.29) is 149 Å². The molecular weight excluding hydrogens is 1860 g/mol. The fourth-order valence-electron chi connectivity index (χ4n) is 17.6. The molecule has 4 amide bonds. The van der Waals surface area contributed by atoms with Crippen LogP contribution in [0.25, 0.3) is 16.5 Å². The lowest BCUT2D eigenvalue weighted by Gasteiger charge is -2.28. The first kappa shape index (κ1) is 147. The second-order valence-corrected chi connectivity index (χ2v) is 47.4. The van der Waals surface area contributed by atoms with Gasteiger partial charge in [0, 0.05) is 150 Å². The number of carbonyl (C=O) groups is 12. The number of likely N-dealkylation sites (tertiary alicyclic amines) is 2. The van der Waals surface area contributed by atoms with Crippen molar-refractivity contribution in [3.05, 3.63) is 77.5 Å². The Morgan fingerprint density at radius 2 is 0.622 bits per heavy atom. The summed E-state index contributed by atoms with van der Waals surface area (Å²) in [5, 5.41) is 32.6. The van der Waals surface area contributed by atoms with Crippen LogP contribution < -0.4 is 64.6 Å². The number of allylic oxidation sites excluding steroid dienone is 1. The van der Waals surface area contributed by atoms with Crippen molar-refractivity contribution in [3.8, 4) is 0 Å². The van der Waals surface area contributed by atoms with Gasteiger partial charge < -0.3 is 69.6 Å². The summed E-state index contributed by atoms with van der Waals surface area (Å²) in [4.78, 5) is 147. The molecule has 27 heteroatoms. The van der Waals surface area contributed by atoms with Crippen LogP contribution in [0.5, 0.6) is 0 Å². The third kappa shape index (κ3) is 63.9. The van der Waals surface area contributed by atoms with E-state index < -0.39 is 12.1 Å². The lowest BCUT2D eigenvalue weighted by molar-refractivity contribution is -0.127. The molecule has 0 saturated carbocycles. The predicted molar refractivity (Wildman–Crippen MR) is 624 cm³/mol. The standard InChI is InChI=1S/C18H25NO.C17H24N2O.2C12H25N3O2.2C11H21NO.2C11H23NO.2C9H19NO/c1-12(2)18(20)17(19-13(3)4)11-15-10-9-14-7-5-6-8-16(14)15;1-11(2)17(20)16(19-12(3)4)9-13-10-18-15-8-6-5-7-14(13)15;2*1-8(2)11(16)10(15-9(3)4)6-5-7-14-12(13)17;2*1-8(2)11(13)10-6-5-7-12(10)9(3)4;2*1-7(2)10(12-9(5)6)11(13)8(3)4;2*1-6(2)9(11)8(5)10-7(3)4/h5-8,10,12-13,17,19H,9,11H2,1-4H3;5-8,10-12,16,18-19H,9H2,1-4H3;2*8-10,15H,5-7H2,1-4H3,(H3,13,14,17);2*8-10H,5-7H2,1-4H3;2*7-10,12H,1-6H3;2*6-8,10H,1-5H3/t17-;16-;6*10-;2*8-/m0000101010/s1. The number of nitrogens with two attached hydrogens (primary N) is 2. The van der Waals surface area contributed by atoms with Crippen molar-refractivity contribution in [2.75, 3.05) is 26.2 Å². The van der Waals surface area contributed by atoms with Crippen LogP contribution in [-0.4, -0.2) is 232 Å². The number of hydrogen-bond donors (Lipinski definition) is 13. The van der Waals surface area contributed by atoms with Crippen LogP contribution in [0.2, 0.25) is 0 Å². The van der Waals surface area contributed by atoms with Gasteiger partial charge in [-0.3, -0.25) is 57.7 Å². The number of Topliss-reactive ketones (excluding diaryl/α,β-unsaturated/α-hetero) is 10. The van der Waals surface area contributed by atoms with Crippen LogP contribution in [0.3, 0.4) is 0 Å². The highest BCUT2D eigenvalue weighted by molar-refractivity contribution is 5.92. The van der Waals surface area contributed by atoms with Gasteiger partial charge in [0.15, 0.2) is 57.8 Å². The molecule has 0 radical (unpaired) electrons. The smallest absolute Gasteiger partial charge is 0.312 e. The van der Waals surface area contributed by atoms with E-state index in [9.17, 15) is 57.5 Å². The van der Waals surface area contributed by atoms with Gasteiger partial charge in [-0.25, -0.2) is 9.59 Å². The molecule has 0 unspecified atom stereocenters. The van der Waals surface area contributed by atoms with Crippen molar-refractivity contribution < 1.29 is 57.5 Å². The van der Waals surface area contributed by atoms with Crippen LogP contribution in [0.15, 0.2) is 60.8 Å². The van der Waals surface area contributed by atoms with Gasteiger partial charge in [-0.05, 0) is 165 Å². The molecule has 148 heavy (non-hydrogen) atoms. The molecule has 3 heterocycles. The Morgan fingerprint density at radius 3 is 0.912 bits per heavy atom. The molecule has 3 aromatic rings. The van der Waals surface area contributed by atoms with Crippen LogP contribution in [0.1, 0.15) is 393 Å². The highest BCUT2D eigenvalue weighted by Gasteiger charge is 2.36. The number of ketones is 10. The molecule has 1 aliphatic carbocycles. The van der Waals surface area contributed by atoms with E-state index in [2.05, 4.69) is 221 Å². The lowest BCUT2D eigenvalue weighted by Crippen LogP contribution is -2.46. The van der Waals surface area contributed by atoms with Crippen LogP contribution >= 0.6 is 0 Å². The topological polar surface area (TPSA) is 399 Å². The van der Waals surface area contributed by atoms with E-state index in [4.69, 9.17) is 11.5 Å². The van der Waals surface area contributed by atoms with E-state index in [1.165, 1.54) is 40.5 Å². The maximum Gasteiger partial charge on any atom is 0.312 e. The van der Waals surface area contributed by atoms with Gasteiger partial charge in [0.1, 0.15) is 0 Å². The van der Waals surface area contributed by atoms with Gasteiger partial charge in [0.05, 0.1) is 60.4 Å². The zero-order chi connectivity index (χ0) is 115. The van der Waals surface area contributed by atoms with Crippen molar-refractivity contribution in [1.29, 1.82) is 0 Å². The molecule has 15 N–H and O–H groups in total. The zero-order valence-corrected chi connectivity index (χ0v) is 102. The molecule has 2 aromatic carbocycles. The summed E-state index contributed by atoms with van der Waals surface area (Å²) in [5.74, 6) is 4.91. The number of nitrogens with zero attached hydrogens (tertiary/aromatic N) is 2. The number of para-hydroxylation sites is 1. The first-order chi connectivity index (χ1) is 68.3. The molecule has 0 spiro atoms. The number of urea groups is 2. The quantitative estimate of drug-likeness (QED) is 0.0233. The maximum absolute atomic E-state index is 12.4. The summed E-state index contributed by atoms with van der Waals surface area (Å²) in [6, 6.07) is 19.3. The number of nitrogens with one attached hydrogen (secondary N) is 11. The highest BCUT2D eigenvalue weighted by atomic mass is 16.2. The number of amides is 4. The fourth-order valence-corrected chi connectivity index (χ4v) is 17.6. The number of primary amides is 2. The van der Waals surface area contributed by atoms with E-state index in [0.29, 0.717) is 114 Å². The molecule has 10 atom stereocenters. The Hall–Kier alpha value is -7.44. The summed E-state index contributed by atoms with van der Waals surface area (Å²) >= 11 is 0. The van der Waals surface area contributed by atoms with Gasteiger partial charge in [-0.1, -0.05) is 325 Å². The molecular formula is C121H225N15O12. The molecule has 856 valence electrons. The van der Waals surface area contributed by atoms with Gasteiger partial charge in [-0.2, -0.15) is 0 Å². The van der Waals surface area contributed by atoms with E-state index in [0.717, 1.165) is 76.4 Å². The molecule has 2 fully saturated rings.